The number of aromatic nitrogens is 2. The highest BCUT2D eigenvalue weighted by Crippen LogP contribution is 2.34. The van der Waals surface area contributed by atoms with Gasteiger partial charge in [0.15, 0.2) is 0 Å². The van der Waals surface area contributed by atoms with Crippen molar-refractivity contribution in [3.8, 4) is 0 Å². The van der Waals surface area contributed by atoms with Gasteiger partial charge in [0.05, 0.1) is 23.8 Å². The molecule has 234 valence electrons. The van der Waals surface area contributed by atoms with Crippen molar-refractivity contribution in [2.45, 2.75) is 76.4 Å². The Hall–Kier alpha value is -3.23. The average Bonchev–Trinajstić information content (AvgIpc) is 3.12. The number of piperidine rings is 1. The molecule has 3 atom stereocenters. The molecule has 0 aromatic carbocycles. The number of amides is 1. The van der Waals surface area contributed by atoms with E-state index in [9.17, 15) is 35.9 Å². The number of rotatable bonds is 8. The Morgan fingerprint density at radius 1 is 1.12 bits per heavy atom. The standard InChI is InChI=1S/C27H37F6N7O2/c1-3-4-17-11-18(26(28,29)30)14-35-22(12-17)39-8-5-19(6-9-39)40-10-7-20(25(40)42)34-13-16(2)37-21-15-36-38-24(41)23(21)27(31,32)33/h4,12,15-16,18-20,34-35H,3,5-11,13-14H2,1-2H3,(H2,37,38,41)/b17-4+/t16-,18?,20+/m1/s1. The molecule has 4 N–H and O–H groups in total. The second kappa shape index (κ2) is 13.0. The monoisotopic (exact) mass is 605 g/mol. The summed E-state index contributed by atoms with van der Waals surface area (Å²) >= 11 is 0. The third-order valence-electron chi connectivity index (χ3n) is 7.96. The van der Waals surface area contributed by atoms with Gasteiger partial charge in [-0.1, -0.05) is 13.0 Å². The third kappa shape index (κ3) is 7.58. The molecule has 2 fully saturated rings. The van der Waals surface area contributed by atoms with E-state index >= 15 is 0 Å². The van der Waals surface area contributed by atoms with Crippen LogP contribution >= 0.6 is 0 Å². The van der Waals surface area contributed by atoms with Gasteiger partial charge in [-0.3, -0.25) is 9.59 Å². The molecular formula is C27H37F6N7O2. The Labute approximate surface area is 239 Å². The van der Waals surface area contributed by atoms with Crippen molar-refractivity contribution in [3.05, 3.63) is 45.7 Å². The first-order valence-electron chi connectivity index (χ1n) is 14.2. The Morgan fingerprint density at radius 2 is 1.83 bits per heavy atom. The first kappa shape index (κ1) is 31.7. The van der Waals surface area contributed by atoms with E-state index in [0.29, 0.717) is 56.7 Å². The van der Waals surface area contributed by atoms with E-state index in [1.807, 2.05) is 28.9 Å². The van der Waals surface area contributed by atoms with E-state index in [1.54, 1.807) is 12.0 Å². The number of hydrogen-bond acceptors (Lipinski definition) is 7. The number of anilines is 1. The number of carbonyl (C=O) groups is 1. The molecule has 15 heteroatoms. The lowest BCUT2D eigenvalue weighted by atomic mass is 9.99. The van der Waals surface area contributed by atoms with Crippen molar-refractivity contribution in [3.63, 3.8) is 0 Å². The molecule has 1 aromatic rings. The van der Waals surface area contributed by atoms with Gasteiger partial charge in [-0.25, -0.2) is 5.10 Å². The molecule has 42 heavy (non-hydrogen) atoms. The van der Waals surface area contributed by atoms with Crippen LogP contribution in [0.2, 0.25) is 0 Å². The summed E-state index contributed by atoms with van der Waals surface area (Å²) in [5.41, 5.74) is -2.46. The first-order chi connectivity index (χ1) is 19.8. The van der Waals surface area contributed by atoms with Gasteiger partial charge in [0, 0.05) is 44.8 Å². The second-order valence-corrected chi connectivity index (χ2v) is 11.1. The van der Waals surface area contributed by atoms with Crippen LogP contribution in [0.25, 0.3) is 0 Å². The van der Waals surface area contributed by atoms with Crippen LogP contribution in [0.5, 0.6) is 0 Å². The molecule has 1 amide bonds. The summed E-state index contributed by atoms with van der Waals surface area (Å²) in [5, 5.41) is 14.0. The Morgan fingerprint density at radius 3 is 2.48 bits per heavy atom. The predicted molar refractivity (Wildman–Crippen MR) is 144 cm³/mol. The summed E-state index contributed by atoms with van der Waals surface area (Å²) in [4.78, 5) is 28.7. The topological polar surface area (TPSA) is 105 Å². The van der Waals surface area contributed by atoms with Gasteiger partial charge in [0.1, 0.15) is 11.4 Å². The van der Waals surface area contributed by atoms with Crippen LogP contribution in [-0.2, 0) is 11.0 Å². The van der Waals surface area contributed by atoms with E-state index in [4.69, 9.17) is 0 Å². The van der Waals surface area contributed by atoms with Gasteiger partial charge in [-0.15, -0.1) is 0 Å². The zero-order valence-electron chi connectivity index (χ0n) is 23.5. The van der Waals surface area contributed by atoms with Gasteiger partial charge in [0.25, 0.3) is 5.56 Å². The van der Waals surface area contributed by atoms with Gasteiger partial charge in [-0.05, 0) is 50.7 Å². The lowest BCUT2D eigenvalue weighted by Gasteiger charge is -2.39. The maximum absolute atomic E-state index is 13.5. The summed E-state index contributed by atoms with van der Waals surface area (Å²) in [7, 11) is 0. The zero-order valence-corrected chi connectivity index (χ0v) is 23.5. The molecule has 3 aliphatic rings. The lowest BCUT2D eigenvalue weighted by Crippen LogP contribution is -2.49. The van der Waals surface area contributed by atoms with Crippen LogP contribution in [0, 0.1) is 5.92 Å². The summed E-state index contributed by atoms with van der Waals surface area (Å²) in [6, 6.07) is -1.03. The molecule has 9 nitrogen and oxygen atoms in total. The molecular weight excluding hydrogens is 568 g/mol. The Kier molecular flexibility index (Phi) is 9.78. The lowest BCUT2D eigenvalue weighted by molar-refractivity contribution is -0.172. The summed E-state index contributed by atoms with van der Waals surface area (Å²) < 4.78 is 80.3. The Balaban J connectivity index is 1.29. The highest BCUT2D eigenvalue weighted by molar-refractivity contribution is 5.84. The van der Waals surface area contributed by atoms with E-state index in [1.165, 1.54) is 0 Å². The maximum Gasteiger partial charge on any atom is 0.423 e. The normalized spacial score (nSPS) is 24.4. The van der Waals surface area contributed by atoms with Crippen molar-refractivity contribution < 1.29 is 31.1 Å². The summed E-state index contributed by atoms with van der Waals surface area (Å²) in [5.74, 6) is -0.856. The summed E-state index contributed by atoms with van der Waals surface area (Å²) in [6.45, 7) is 5.25. The third-order valence-corrected chi connectivity index (χ3v) is 7.96. The van der Waals surface area contributed by atoms with E-state index in [-0.39, 0.29) is 31.5 Å². The molecule has 0 bridgehead atoms. The number of aromatic amines is 1. The molecule has 4 rings (SSSR count). The van der Waals surface area contributed by atoms with Crippen LogP contribution < -0.4 is 21.5 Å². The minimum atomic E-state index is -4.85. The molecule has 3 aliphatic heterocycles. The number of H-pyrrole nitrogens is 1. The number of hydrogen-bond donors (Lipinski definition) is 4. The fourth-order valence-corrected chi connectivity index (χ4v) is 5.81. The SMILES string of the molecule is CC/C=C1/C=C(N2CCC(N3CC[C@H](NC[C@@H](C)Nc4cn[nH]c(=O)c4C(F)(F)F)C3=O)CC2)NCC(C(F)(F)F)C1. The first-order valence-corrected chi connectivity index (χ1v) is 14.2. The number of carbonyl (C=O) groups excluding carboxylic acids is 1. The number of alkyl halides is 6. The minimum absolute atomic E-state index is 0.00693. The second-order valence-electron chi connectivity index (χ2n) is 11.1. The van der Waals surface area contributed by atoms with Crippen LogP contribution in [0.15, 0.2) is 34.5 Å². The summed E-state index contributed by atoms with van der Waals surface area (Å²) in [6.07, 6.45) is -2.12. The molecule has 4 heterocycles. The largest absolute Gasteiger partial charge is 0.423 e. The number of allylic oxidation sites excluding steroid dienone is 3. The van der Waals surface area contributed by atoms with Gasteiger partial charge < -0.3 is 25.8 Å². The van der Waals surface area contributed by atoms with Crippen molar-refractivity contribution in [2.75, 3.05) is 38.0 Å². The van der Waals surface area contributed by atoms with E-state index in [2.05, 4.69) is 21.0 Å². The highest BCUT2D eigenvalue weighted by Gasteiger charge is 2.42. The van der Waals surface area contributed by atoms with Crippen molar-refractivity contribution in [2.24, 2.45) is 5.92 Å². The molecule has 1 unspecified atom stereocenters. The van der Waals surface area contributed by atoms with Crippen molar-refractivity contribution >= 4 is 11.6 Å². The molecule has 0 aliphatic carbocycles. The highest BCUT2D eigenvalue weighted by atomic mass is 19.4. The van der Waals surface area contributed by atoms with Crippen LogP contribution in [0.3, 0.4) is 0 Å². The molecule has 2 saturated heterocycles. The molecule has 0 spiro atoms. The van der Waals surface area contributed by atoms with Gasteiger partial charge in [0.2, 0.25) is 5.91 Å². The van der Waals surface area contributed by atoms with Crippen molar-refractivity contribution in [1.82, 2.24) is 30.6 Å². The number of halogens is 6. The minimum Gasteiger partial charge on any atom is -0.379 e. The quantitative estimate of drug-likeness (QED) is 0.336. The smallest absolute Gasteiger partial charge is 0.379 e. The molecule has 1 aromatic heterocycles. The van der Waals surface area contributed by atoms with E-state index in [0.717, 1.165) is 6.20 Å². The van der Waals surface area contributed by atoms with Gasteiger partial charge >= 0.3 is 12.4 Å². The van der Waals surface area contributed by atoms with Crippen LogP contribution in [-0.4, -0.2) is 82.9 Å². The maximum atomic E-state index is 13.5. The predicted octanol–water partition coefficient (Wildman–Crippen LogP) is 3.59. The number of nitrogens with zero attached hydrogens (tertiary/aromatic N) is 3. The van der Waals surface area contributed by atoms with Gasteiger partial charge in [-0.2, -0.15) is 31.4 Å². The van der Waals surface area contributed by atoms with Crippen LogP contribution in [0.1, 0.15) is 51.5 Å². The number of nitrogens with one attached hydrogen (secondary N) is 4. The van der Waals surface area contributed by atoms with E-state index < -0.39 is 47.2 Å². The molecule has 0 saturated carbocycles. The fraction of sp³-hybridized carbons (Fsp3) is 0.667. The van der Waals surface area contributed by atoms with Crippen LogP contribution in [0.4, 0.5) is 32.0 Å². The average molecular weight is 606 g/mol. The zero-order chi connectivity index (χ0) is 30.7. The Bertz CT molecular complexity index is 1220. The fourth-order valence-electron chi connectivity index (χ4n) is 5.81. The van der Waals surface area contributed by atoms with Crippen molar-refractivity contribution in [1.29, 1.82) is 0 Å². The number of likely N-dealkylation sites (tertiary alicyclic amines) is 2. The molecule has 0 radical (unpaired) electrons.